The van der Waals surface area contributed by atoms with E-state index in [0.29, 0.717) is 17.9 Å². The van der Waals surface area contributed by atoms with Gasteiger partial charge in [0, 0.05) is 5.69 Å². The van der Waals surface area contributed by atoms with E-state index < -0.39 is 18.5 Å². The average molecular weight is 384 g/mol. The van der Waals surface area contributed by atoms with Gasteiger partial charge in [-0.15, -0.1) is 0 Å². The Kier molecular flexibility index (Phi) is 7.22. The second-order valence-corrected chi connectivity index (χ2v) is 5.54. The molecule has 0 aliphatic heterocycles. The van der Waals surface area contributed by atoms with E-state index in [1.807, 2.05) is 6.07 Å². The van der Waals surface area contributed by atoms with Crippen molar-refractivity contribution in [3.05, 3.63) is 47.5 Å². The number of esters is 1. The third kappa shape index (κ3) is 4.92. The molecule has 0 saturated heterocycles. The molecule has 0 spiro atoms. The first kappa shape index (κ1) is 20.6. The van der Waals surface area contributed by atoms with Crippen LogP contribution in [0.4, 0.5) is 5.69 Å². The van der Waals surface area contributed by atoms with Crippen molar-refractivity contribution in [1.82, 2.24) is 0 Å². The van der Waals surface area contributed by atoms with Crippen LogP contribution < -0.4 is 19.5 Å². The van der Waals surface area contributed by atoms with Crippen LogP contribution in [0.15, 0.2) is 36.4 Å². The molecule has 0 unspecified atom stereocenters. The van der Waals surface area contributed by atoms with Crippen molar-refractivity contribution in [3.8, 4) is 23.3 Å². The lowest BCUT2D eigenvalue weighted by molar-refractivity contribution is -0.119. The van der Waals surface area contributed by atoms with Gasteiger partial charge in [0.2, 0.25) is 5.75 Å². The Bertz CT molecular complexity index is 887. The van der Waals surface area contributed by atoms with E-state index in [1.54, 1.807) is 30.3 Å². The lowest BCUT2D eigenvalue weighted by Gasteiger charge is -2.15. The summed E-state index contributed by atoms with van der Waals surface area (Å²) in [7, 11) is 4.27. The largest absolute Gasteiger partial charge is 0.493 e. The Balaban J connectivity index is 2.01. The summed E-state index contributed by atoms with van der Waals surface area (Å²) < 4.78 is 20.7. The van der Waals surface area contributed by atoms with Gasteiger partial charge in [0.05, 0.1) is 33.8 Å². The molecule has 2 aromatic rings. The molecule has 1 amide bonds. The Labute approximate surface area is 162 Å². The van der Waals surface area contributed by atoms with E-state index in [-0.39, 0.29) is 17.1 Å². The summed E-state index contributed by atoms with van der Waals surface area (Å²) in [5, 5.41) is 11.3. The number of amides is 1. The Morgan fingerprint density at radius 1 is 0.964 bits per heavy atom. The minimum atomic E-state index is -0.739. The third-order valence-electron chi connectivity index (χ3n) is 3.78. The van der Waals surface area contributed by atoms with Gasteiger partial charge in [-0.2, -0.15) is 5.26 Å². The number of carbonyl (C=O) groups is 2. The van der Waals surface area contributed by atoms with Crippen LogP contribution in [0.2, 0.25) is 0 Å². The smallest absolute Gasteiger partial charge is 0.342 e. The summed E-state index contributed by atoms with van der Waals surface area (Å²) in [6.45, 7) is -0.476. The second-order valence-electron chi connectivity index (χ2n) is 5.54. The van der Waals surface area contributed by atoms with Crippen LogP contribution in [0.5, 0.6) is 17.2 Å². The van der Waals surface area contributed by atoms with Gasteiger partial charge >= 0.3 is 5.97 Å². The molecule has 0 aromatic heterocycles. The average Bonchev–Trinajstić information content (AvgIpc) is 2.72. The van der Waals surface area contributed by atoms with Crippen molar-refractivity contribution >= 4 is 17.6 Å². The summed E-state index contributed by atoms with van der Waals surface area (Å²) in [5.74, 6) is -0.437. The molecule has 146 valence electrons. The van der Waals surface area contributed by atoms with E-state index in [0.717, 1.165) is 5.56 Å². The van der Waals surface area contributed by atoms with Gasteiger partial charge in [-0.3, -0.25) is 4.79 Å². The van der Waals surface area contributed by atoms with Crippen LogP contribution in [0.1, 0.15) is 15.9 Å². The molecule has 28 heavy (non-hydrogen) atoms. The highest BCUT2D eigenvalue weighted by Crippen LogP contribution is 2.39. The van der Waals surface area contributed by atoms with Gasteiger partial charge in [-0.05, 0) is 29.8 Å². The number of ether oxygens (including phenoxy) is 4. The van der Waals surface area contributed by atoms with Crippen molar-refractivity contribution < 1.29 is 28.5 Å². The lowest BCUT2D eigenvalue weighted by atomic mass is 10.1. The first-order valence-electron chi connectivity index (χ1n) is 8.25. The maximum atomic E-state index is 12.4. The van der Waals surface area contributed by atoms with E-state index in [4.69, 9.17) is 24.2 Å². The first-order valence-corrected chi connectivity index (χ1v) is 8.25. The monoisotopic (exact) mass is 384 g/mol. The molecule has 2 aromatic carbocycles. The van der Waals surface area contributed by atoms with E-state index in [2.05, 4.69) is 5.32 Å². The van der Waals surface area contributed by atoms with Gasteiger partial charge in [-0.1, -0.05) is 12.1 Å². The standard InChI is InChI=1S/C20H20N2O6/c1-25-16-9-8-15(18(26-2)19(16)27-3)20(24)28-12-17(23)22-14-6-4-13(5-7-14)10-11-21/h4-9H,10,12H2,1-3H3,(H,22,23). The normalized spacial score (nSPS) is 9.79. The molecule has 8 nitrogen and oxygen atoms in total. The molecular formula is C20H20N2O6. The van der Waals surface area contributed by atoms with Crippen molar-refractivity contribution in [2.45, 2.75) is 6.42 Å². The SMILES string of the molecule is COc1ccc(C(=O)OCC(=O)Nc2ccc(CC#N)cc2)c(OC)c1OC. The van der Waals surface area contributed by atoms with E-state index >= 15 is 0 Å². The third-order valence-corrected chi connectivity index (χ3v) is 3.78. The van der Waals surface area contributed by atoms with E-state index in [1.165, 1.54) is 27.4 Å². The highest BCUT2D eigenvalue weighted by atomic mass is 16.5. The summed E-state index contributed by atoms with van der Waals surface area (Å²) in [5.41, 5.74) is 1.48. The predicted molar refractivity (Wildman–Crippen MR) is 101 cm³/mol. The number of benzene rings is 2. The molecule has 8 heteroatoms. The van der Waals surface area contributed by atoms with Crippen molar-refractivity contribution in [2.24, 2.45) is 0 Å². The first-order chi connectivity index (χ1) is 13.5. The van der Waals surface area contributed by atoms with Gasteiger partial charge in [0.1, 0.15) is 5.56 Å². The molecule has 0 aliphatic carbocycles. The highest BCUT2D eigenvalue weighted by molar-refractivity contribution is 5.97. The molecule has 0 saturated carbocycles. The molecule has 0 bridgehead atoms. The van der Waals surface area contributed by atoms with Crippen LogP contribution in [-0.2, 0) is 16.0 Å². The van der Waals surface area contributed by atoms with Crippen molar-refractivity contribution in [2.75, 3.05) is 33.3 Å². The zero-order chi connectivity index (χ0) is 20.5. The molecule has 0 aliphatic rings. The molecule has 0 heterocycles. The van der Waals surface area contributed by atoms with Gasteiger partial charge in [-0.25, -0.2) is 4.79 Å². The van der Waals surface area contributed by atoms with E-state index in [9.17, 15) is 9.59 Å². The van der Waals surface area contributed by atoms with Crippen LogP contribution >= 0.6 is 0 Å². The fourth-order valence-corrected chi connectivity index (χ4v) is 2.47. The summed E-state index contributed by atoms with van der Waals surface area (Å²) >= 11 is 0. The van der Waals surface area contributed by atoms with Crippen molar-refractivity contribution in [1.29, 1.82) is 5.26 Å². The number of nitriles is 1. The highest BCUT2D eigenvalue weighted by Gasteiger charge is 2.22. The summed E-state index contributed by atoms with van der Waals surface area (Å²) in [6.07, 6.45) is 0.291. The molecule has 2 rings (SSSR count). The lowest BCUT2D eigenvalue weighted by Crippen LogP contribution is -2.21. The maximum absolute atomic E-state index is 12.4. The zero-order valence-electron chi connectivity index (χ0n) is 15.8. The Morgan fingerprint density at radius 2 is 1.64 bits per heavy atom. The number of nitrogens with one attached hydrogen (secondary N) is 1. The Hall–Kier alpha value is -3.73. The van der Waals surface area contributed by atoms with Crippen LogP contribution in [0.25, 0.3) is 0 Å². The van der Waals surface area contributed by atoms with Crippen LogP contribution in [-0.4, -0.2) is 39.8 Å². The quantitative estimate of drug-likeness (QED) is 0.697. The van der Waals surface area contributed by atoms with Crippen LogP contribution in [0.3, 0.4) is 0 Å². The fourth-order valence-electron chi connectivity index (χ4n) is 2.47. The number of anilines is 1. The molecular weight excluding hydrogens is 364 g/mol. The summed E-state index contributed by atoms with van der Waals surface area (Å²) in [6, 6.07) is 11.9. The molecule has 0 fully saturated rings. The number of carbonyl (C=O) groups excluding carboxylic acids is 2. The van der Waals surface area contributed by atoms with Crippen LogP contribution in [0, 0.1) is 11.3 Å². The van der Waals surface area contributed by atoms with Gasteiger partial charge < -0.3 is 24.3 Å². The minimum absolute atomic E-state index is 0.105. The maximum Gasteiger partial charge on any atom is 0.342 e. The molecule has 0 radical (unpaired) electrons. The van der Waals surface area contributed by atoms with Gasteiger partial charge in [0.15, 0.2) is 18.1 Å². The number of hydrogen-bond acceptors (Lipinski definition) is 7. The number of rotatable bonds is 8. The predicted octanol–water partition coefficient (Wildman–Crippen LogP) is 2.57. The number of methoxy groups -OCH3 is 3. The van der Waals surface area contributed by atoms with Gasteiger partial charge in [0.25, 0.3) is 5.91 Å². The molecule has 0 atom stereocenters. The minimum Gasteiger partial charge on any atom is -0.493 e. The van der Waals surface area contributed by atoms with Crippen molar-refractivity contribution in [3.63, 3.8) is 0 Å². The zero-order valence-corrected chi connectivity index (χ0v) is 15.8. The number of nitrogens with zero attached hydrogens (tertiary/aromatic N) is 1. The summed E-state index contributed by atoms with van der Waals surface area (Å²) in [4.78, 5) is 24.4. The second kappa shape index (κ2) is 9.83. The Morgan fingerprint density at radius 3 is 2.21 bits per heavy atom. The fraction of sp³-hybridized carbons (Fsp3) is 0.250. The molecule has 1 N–H and O–H groups in total. The number of hydrogen-bond donors (Lipinski definition) is 1. The topological polar surface area (TPSA) is 107 Å².